The van der Waals surface area contributed by atoms with Crippen molar-refractivity contribution < 1.29 is 9.69 Å². The molecule has 1 fully saturated rings. The van der Waals surface area contributed by atoms with Crippen LogP contribution < -0.4 is 15.1 Å². The molecule has 27 heavy (non-hydrogen) atoms. The minimum Gasteiger partial charge on any atom is -0.378 e. The van der Waals surface area contributed by atoms with Gasteiger partial charge in [-0.15, -0.1) is 0 Å². The SMILES string of the molecule is Cc1cc(C)cc(C(=O)NC[C@@H](c2ccc(N(C)C)cc2)[NH+]2CCCC2)c1. The van der Waals surface area contributed by atoms with Crippen molar-refractivity contribution >= 4 is 11.6 Å². The monoisotopic (exact) mass is 366 g/mol. The summed E-state index contributed by atoms with van der Waals surface area (Å²) in [6, 6.07) is 15.1. The van der Waals surface area contributed by atoms with E-state index in [-0.39, 0.29) is 5.91 Å². The Morgan fingerprint density at radius 2 is 1.63 bits per heavy atom. The Labute approximate surface area is 163 Å². The van der Waals surface area contributed by atoms with Crippen LogP contribution in [0.15, 0.2) is 42.5 Å². The zero-order chi connectivity index (χ0) is 19.4. The quantitative estimate of drug-likeness (QED) is 0.824. The van der Waals surface area contributed by atoms with Gasteiger partial charge in [0.05, 0.1) is 19.6 Å². The van der Waals surface area contributed by atoms with Gasteiger partial charge in [-0.3, -0.25) is 4.79 Å². The minimum absolute atomic E-state index is 0.0234. The van der Waals surface area contributed by atoms with Crippen molar-refractivity contribution in [1.29, 1.82) is 0 Å². The maximum absolute atomic E-state index is 12.7. The molecule has 1 aliphatic heterocycles. The van der Waals surface area contributed by atoms with Gasteiger partial charge in [0.1, 0.15) is 6.04 Å². The number of hydrogen-bond acceptors (Lipinski definition) is 2. The number of amides is 1. The van der Waals surface area contributed by atoms with Gasteiger partial charge < -0.3 is 15.1 Å². The lowest BCUT2D eigenvalue weighted by Gasteiger charge is -2.26. The summed E-state index contributed by atoms with van der Waals surface area (Å²) in [6.45, 7) is 7.10. The van der Waals surface area contributed by atoms with Crippen molar-refractivity contribution in [1.82, 2.24) is 5.32 Å². The van der Waals surface area contributed by atoms with Crippen molar-refractivity contribution in [2.45, 2.75) is 32.7 Å². The largest absolute Gasteiger partial charge is 0.378 e. The van der Waals surface area contributed by atoms with Crippen molar-refractivity contribution in [3.63, 3.8) is 0 Å². The van der Waals surface area contributed by atoms with Crippen LogP contribution in [0.3, 0.4) is 0 Å². The summed E-state index contributed by atoms with van der Waals surface area (Å²) < 4.78 is 0. The van der Waals surface area contributed by atoms with Crippen LogP contribution in [-0.2, 0) is 0 Å². The highest BCUT2D eigenvalue weighted by Gasteiger charge is 2.28. The molecule has 2 aromatic rings. The second kappa shape index (κ2) is 8.57. The van der Waals surface area contributed by atoms with Gasteiger partial charge in [-0.1, -0.05) is 29.3 Å². The average molecular weight is 367 g/mol. The number of hydrogen-bond donors (Lipinski definition) is 2. The number of likely N-dealkylation sites (tertiary alicyclic amines) is 1. The molecular formula is C23H32N3O+. The fourth-order valence-electron chi connectivity index (χ4n) is 4.08. The third-order valence-corrected chi connectivity index (χ3v) is 5.50. The van der Waals surface area contributed by atoms with Crippen LogP contribution in [0.5, 0.6) is 0 Å². The van der Waals surface area contributed by atoms with Gasteiger partial charge in [-0.25, -0.2) is 0 Å². The smallest absolute Gasteiger partial charge is 0.251 e. The van der Waals surface area contributed by atoms with Crippen LogP contribution in [0.2, 0.25) is 0 Å². The fraction of sp³-hybridized carbons (Fsp3) is 0.435. The van der Waals surface area contributed by atoms with Gasteiger partial charge >= 0.3 is 0 Å². The standard InChI is InChI=1S/C23H31N3O/c1-17-13-18(2)15-20(14-17)23(27)24-16-22(26-11-5-6-12-26)19-7-9-21(10-8-19)25(3)4/h7-10,13-15,22H,5-6,11-12,16H2,1-4H3,(H,24,27)/p+1/t22-/m0/s1. The van der Waals surface area contributed by atoms with Crippen LogP contribution in [0.25, 0.3) is 0 Å². The van der Waals surface area contributed by atoms with Crippen LogP contribution in [0.1, 0.15) is 45.9 Å². The number of nitrogens with zero attached hydrogens (tertiary/aromatic N) is 1. The molecule has 2 aromatic carbocycles. The highest BCUT2D eigenvalue weighted by Crippen LogP contribution is 2.17. The zero-order valence-electron chi connectivity index (χ0n) is 17.0. The Balaban J connectivity index is 1.74. The first-order valence-electron chi connectivity index (χ1n) is 9.92. The van der Waals surface area contributed by atoms with Gasteiger partial charge in [0.25, 0.3) is 5.91 Å². The first kappa shape index (κ1) is 19.4. The van der Waals surface area contributed by atoms with E-state index in [9.17, 15) is 4.79 Å². The summed E-state index contributed by atoms with van der Waals surface area (Å²) in [4.78, 5) is 16.4. The molecule has 0 spiro atoms. The topological polar surface area (TPSA) is 36.8 Å². The molecule has 0 aliphatic carbocycles. The third-order valence-electron chi connectivity index (χ3n) is 5.50. The van der Waals surface area contributed by atoms with Gasteiger partial charge in [0, 0.05) is 43.8 Å². The summed E-state index contributed by atoms with van der Waals surface area (Å²) in [7, 11) is 4.12. The molecule has 1 atom stereocenters. The second-order valence-electron chi connectivity index (χ2n) is 7.99. The maximum Gasteiger partial charge on any atom is 0.251 e. The normalized spacial score (nSPS) is 15.6. The number of nitrogens with one attached hydrogen (secondary N) is 2. The van der Waals surface area contributed by atoms with E-state index in [4.69, 9.17) is 0 Å². The predicted octanol–water partition coefficient (Wildman–Crippen LogP) is 2.52. The summed E-state index contributed by atoms with van der Waals surface area (Å²) in [6.07, 6.45) is 2.54. The van der Waals surface area contributed by atoms with Gasteiger partial charge in [-0.2, -0.15) is 0 Å². The molecule has 1 saturated heterocycles. The number of anilines is 1. The Hall–Kier alpha value is -2.33. The summed E-state index contributed by atoms with van der Waals surface area (Å²) in [5, 5.41) is 3.20. The van der Waals surface area contributed by atoms with Crippen LogP contribution in [0, 0.1) is 13.8 Å². The summed E-state index contributed by atoms with van der Waals surface area (Å²) >= 11 is 0. The van der Waals surface area contributed by atoms with E-state index in [1.165, 1.54) is 37.2 Å². The molecular weight excluding hydrogens is 334 g/mol. The van der Waals surface area contributed by atoms with E-state index in [1.807, 2.05) is 26.0 Å². The number of carbonyl (C=O) groups excluding carboxylic acids is 1. The van der Waals surface area contributed by atoms with E-state index in [1.54, 1.807) is 4.90 Å². The van der Waals surface area contributed by atoms with Crippen molar-refractivity contribution in [3.8, 4) is 0 Å². The van der Waals surface area contributed by atoms with Crippen LogP contribution >= 0.6 is 0 Å². The Morgan fingerprint density at radius 3 is 2.19 bits per heavy atom. The molecule has 3 rings (SSSR count). The molecule has 1 heterocycles. The molecule has 144 valence electrons. The summed E-state index contributed by atoms with van der Waals surface area (Å²) in [5.74, 6) is 0.0234. The van der Waals surface area contributed by atoms with Crippen molar-refractivity contribution in [3.05, 3.63) is 64.7 Å². The molecule has 0 unspecified atom stereocenters. The number of aryl methyl sites for hydroxylation is 2. The molecule has 2 N–H and O–H groups in total. The molecule has 1 aliphatic rings. The third kappa shape index (κ3) is 4.89. The van der Waals surface area contributed by atoms with Crippen molar-refractivity contribution in [2.24, 2.45) is 0 Å². The second-order valence-corrected chi connectivity index (χ2v) is 7.99. The molecule has 0 saturated carbocycles. The molecule has 4 heteroatoms. The Morgan fingerprint density at radius 1 is 1.04 bits per heavy atom. The number of quaternary nitrogens is 1. The lowest BCUT2D eigenvalue weighted by atomic mass is 10.0. The molecule has 0 bridgehead atoms. The van der Waals surface area contributed by atoms with E-state index in [0.717, 1.165) is 16.7 Å². The first-order chi connectivity index (χ1) is 12.9. The molecule has 4 nitrogen and oxygen atoms in total. The van der Waals surface area contributed by atoms with E-state index < -0.39 is 0 Å². The van der Waals surface area contributed by atoms with E-state index in [0.29, 0.717) is 12.6 Å². The lowest BCUT2D eigenvalue weighted by Crippen LogP contribution is -3.11. The minimum atomic E-state index is 0.0234. The van der Waals surface area contributed by atoms with Gasteiger partial charge in [-0.05, 0) is 38.1 Å². The first-order valence-corrected chi connectivity index (χ1v) is 9.92. The number of benzene rings is 2. The maximum atomic E-state index is 12.7. The van der Waals surface area contributed by atoms with Crippen LogP contribution in [0.4, 0.5) is 5.69 Å². The summed E-state index contributed by atoms with van der Waals surface area (Å²) in [5.41, 5.74) is 5.51. The Bertz CT molecular complexity index is 756. The van der Waals surface area contributed by atoms with E-state index in [2.05, 4.69) is 54.6 Å². The van der Waals surface area contributed by atoms with Crippen LogP contribution in [-0.4, -0.2) is 39.6 Å². The fourth-order valence-corrected chi connectivity index (χ4v) is 4.08. The van der Waals surface area contributed by atoms with Crippen molar-refractivity contribution in [2.75, 3.05) is 38.6 Å². The van der Waals surface area contributed by atoms with E-state index >= 15 is 0 Å². The van der Waals surface area contributed by atoms with Gasteiger partial charge in [0.15, 0.2) is 0 Å². The zero-order valence-corrected chi connectivity index (χ0v) is 17.0. The highest BCUT2D eigenvalue weighted by atomic mass is 16.1. The number of rotatable bonds is 6. The molecule has 0 aromatic heterocycles. The molecule has 0 radical (unpaired) electrons. The highest BCUT2D eigenvalue weighted by molar-refractivity contribution is 5.94. The van der Waals surface area contributed by atoms with Gasteiger partial charge in [0.2, 0.25) is 0 Å². The average Bonchev–Trinajstić information content (AvgIpc) is 3.15. The molecule has 1 amide bonds. The lowest BCUT2D eigenvalue weighted by molar-refractivity contribution is -0.918. The predicted molar refractivity (Wildman–Crippen MR) is 112 cm³/mol. The Kier molecular flexibility index (Phi) is 6.17. The number of carbonyl (C=O) groups is 1.